The first kappa shape index (κ1) is 20.3. The number of ether oxygens (including phenoxy) is 2. The number of nitrogens with zero attached hydrogens (tertiary/aromatic N) is 1. The van der Waals surface area contributed by atoms with E-state index in [2.05, 4.69) is 0 Å². The summed E-state index contributed by atoms with van der Waals surface area (Å²) in [4.78, 5) is 49.4. The fourth-order valence-electron chi connectivity index (χ4n) is 3.00. The van der Waals surface area contributed by atoms with Crippen LogP contribution in [-0.2, 0) is 20.9 Å². The SMILES string of the molecule is COc1ccc(C(=O)C(C)OC(=O)c2ccc(CN3C(=O)CCC3=O)cc2)cc1. The lowest BCUT2D eigenvalue weighted by atomic mass is 10.1. The maximum Gasteiger partial charge on any atom is 0.338 e. The van der Waals surface area contributed by atoms with E-state index in [0.29, 0.717) is 11.3 Å². The second-order valence-corrected chi connectivity index (χ2v) is 6.71. The standard InChI is InChI=1S/C22H21NO6/c1-14(21(26)16-7-9-18(28-2)10-8-16)29-22(27)17-5-3-15(4-6-17)13-23-19(24)11-12-20(23)25/h3-10,14H,11-13H2,1-2H3. The van der Waals surface area contributed by atoms with Gasteiger partial charge < -0.3 is 9.47 Å². The number of hydrogen-bond acceptors (Lipinski definition) is 6. The first-order chi connectivity index (χ1) is 13.9. The Bertz CT molecular complexity index is 917. The number of Topliss-reactive ketones (excluding diaryl/α,β-unsaturated/α-hetero) is 1. The lowest BCUT2D eigenvalue weighted by Gasteiger charge is -2.15. The zero-order chi connectivity index (χ0) is 21.0. The maximum atomic E-state index is 12.4. The minimum absolute atomic E-state index is 0.180. The fourth-order valence-corrected chi connectivity index (χ4v) is 3.00. The highest BCUT2D eigenvalue weighted by atomic mass is 16.5. The van der Waals surface area contributed by atoms with Gasteiger partial charge in [-0.25, -0.2) is 4.79 Å². The molecular formula is C22H21NO6. The zero-order valence-corrected chi connectivity index (χ0v) is 16.2. The molecule has 1 saturated heterocycles. The van der Waals surface area contributed by atoms with Crippen LogP contribution in [0.5, 0.6) is 5.75 Å². The van der Waals surface area contributed by atoms with Crippen molar-refractivity contribution >= 4 is 23.6 Å². The van der Waals surface area contributed by atoms with Crippen molar-refractivity contribution in [2.24, 2.45) is 0 Å². The van der Waals surface area contributed by atoms with Gasteiger partial charge in [0.25, 0.3) is 0 Å². The lowest BCUT2D eigenvalue weighted by Crippen LogP contribution is -2.28. The summed E-state index contributed by atoms with van der Waals surface area (Å²) in [6.07, 6.45) is -0.470. The van der Waals surface area contributed by atoms with E-state index in [-0.39, 0.29) is 42.5 Å². The highest BCUT2D eigenvalue weighted by molar-refractivity contribution is 6.02. The minimum Gasteiger partial charge on any atom is -0.497 e. The molecule has 1 heterocycles. The molecule has 29 heavy (non-hydrogen) atoms. The molecule has 2 aromatic rings. The molecule has 150 valence electrons. The molecule has 1 aliphatic heterocycles. The van der Waals surface area contributed by atoms with Gasteiger partial charge in [-0.05, 0) is 48.9 Å². The van der Waals surface area contributed by atoms with Crippen molar-refractivity contribution in [1.29, 1.82) is 0 Å². The van der Waals surface area contributed by atoms with Crippen LogP contribution < -0.4 is 4.74 Å². The van der Waals surface area contributed by atoms with Gasteiger partial charge in [0.15, 0.2) is 6.10 Å². The van der Waals surface area contributed by atoms with Crippen molar-refractivity contribution in [3.63, 3.8) is 0 Å². The van der Waals surface area contributed by atoms with Crippen LogP contribution in [0.4, 0.5) is 0 Å². The normalized spacial score (nSPS) is 14.6. The fraction of sp³-hybridized carbons (Fsp3) is 0.273. The molecule has 2 amide bonds. The molecule has 7 heteroatoms. The van der Waals surface area contributed by atoms with E-state index in [0.717, 1.165) is 5.56 Å². The molecule has 7 nitrogen and oxygen atoms in total. The molecule has 2 aromatic carbocycles. The summed E-state index contributed by atoms with van der Waals surface area (Å²) in [6, 6.07) is 13.0. The molecule has 0 spiro atoms. The van der Waals surface area contributed by atoms with Gasteiger partial charge in [-0.3, -0.25) is 19.3 Å². The number of ketones is 1. The first-order valence-corrected chi connectivity index (χ1v) is 9.20. The smallest absolute Gasteiger partial charge is 0.338 e. The van der Waals surface area contributed by atoms with Crippen molar-refractivity contribution in [2.75, 3.05) is 7.11 Å². The van der Waals surface area contributed by atoms with Gasteiger partial charge >= 0.3 is 5.97 Å². The van der Waals surface area contributed by atoms with Crippen LogP contribution >= 0.6 is 0 Å². The predicted molar refractivity (Wildman–Crippen MR) is 103 cm³/mol. The third-order valence-electron chi connectivity index (χ3n) is 4.71. The minimum atomic E-state index is -0.949. The van der Waals surface area contributed by atoms with E-state index in [1.54, 1.807) is 48.5 Å². The van der Waals surface area contributed by atoms with Crippen LogP contribution in [0.15, 0.2) is 48.5 Å². The van der Waals surface area contributed by atoms with Crippen LogP contribution in [0.3, 0.4) is 0 Å². The summed E-state index contributed by atoms with van der Waals surface area (Å²) < 4.78 is 10.3. The van der Waals surface area contributed by atoms with Crippen LogP contribution in [-0.4, -0.2) is 41.7 Å². The molecule has 1 atom stereocenters. The van der Waals surface area contributed by atoms with Gasteiger partial charge in [-0.15, -0.1) is 0 Å². The Morgan fingerprint density at radius 3 is 2.03 bits per heavy atom. The number of amides is 2. The van der Waals surface area contributed by atoms with Crippen molar-refractivity contribution in [2.45, 2.75) is 32.4 Å². The number of methoxy groups -OCH3 is 1. The number of rotatable bonds is 7. The number of likely N-dealkylation sites (tertiary alicyclic amines) is 1. The van der Waals surface area contributed by atoms with Crippen molar-refractivity contribution in [3.05, 3.63) is 65.2 Å². The molecule has 0 radical (unpaired) electrons. The first-order valence-electron chi connectivity index (χ1n) is 9.20. The molecule has 0 saturated carbocycles. The summed E-state index contributed by atoms with van der Waals surface area (Å²) >= 11 is 0. The zero-order valence-electron chi connectivity index (χ0n) is 16.2. The van der Waals surface area contributed by atoms with Gasteiger partial charge in [-0.1, -0.05) is 12.1 Å². The average molecular weight is 395 g/mol. The largest absolute Gasteiger partial charge is 0.497 e. The number of imide groups is 1. The molecule has 3 rings (SSSR count). The third kappa shape index (κ3) is 4.68. The average Bonchev–Trinajstić information content (AvgIpc) is 3.05. The predicted octanol–water partition coefficient (Wildman–Crippen LogP) is 2.77. The molecule has 0 bridgehead atoms. The molecule has 1 unspecified atom stereocenters. The molecular weight excluding hydrogens is 374 g/mol. The summed E-state index contributed by atoms with van der Waals surface area (Å²) in [5, 5.41) is 0. The Labute approximate surface area is 168 Å². The maximum absolute atomic E-state index is 12.4. The van der Waals surface area contributed by atoms with E-state index in [1.807, 2.05) is 0 Å². The Hall–Kier alpha value is -3.48. The summed E-state index contributed by atoms with van der Waals surface area (Å²) in [5.74, 6) is -0.694. The van der Waals surface area contributed by atoms with Gasteiger partial charge in [0.2, 0.25) is 17.6 Å². The van der Waals surface area contributed by atoms with Crippen molar-refractivity contribution in [1.82, 2.24) is 4.90 Å². The van der Waals surface area contributed by atoms with E-state index in [1.165, 1.54) is 18.9 Å². The lowest BCUT2D eigenvalue weighted by molar-refractivity contribution is -0.139. The Morgan fingerprint density at radius 1 is 0.931 bits per heavy atom. The second kappa shape index (κ2) is 8.68. The van der Waals surface area contributed by atoms with Crippen molar-refractivity contribution in [3.8, 4) is 5.75 Å². The second-order valence-electron chi connectivity index (χ2n) is 6.71. The highest BCUT2D eigenvalue weighted by Crippen LogP contribution is 2.18. The summed E-state index contributed by atoms with van der Waals surface area (Å²) in [7, 11) is 1.54. The molecule has 0 aliphatic carbocycles. The summed E-state index contributed by atoms with van der Waals surface area (Å²) in [5.41, 5.74) is 1.43. The van der Waals surface area contributed by atoms with Gasteiger partial charge in [0.1, 0.15) is 5.75 Å². The third-order valence-corrected chi connectivity index (χ3v) is 4.71. The van der Waals surface area contributed by atoms with Crippen LogP contribution in [0.1, 0.15) is 46.0 Å². The number of hydrogen-bond donors (Lipinski definition) is 0. The quantitative estimate of drug-likeness (QED) is 0.407. The monoisotopic (exact) mass is 395 g/mol. The van der Waals surface area contributed by atoms with Crippen LogP contribution in [0, 0.1) is 0 Å². The number of carbonyl (C=O) groups excluding carboxylic acids is 4. The molecule has 0 N–H and O–H groups in total. The van der Waals surface area contributed by atoms with Gasteiger partial charge in [0.05, 0.1) is 19.2 Å². The summed E-state index contributed by atoms with van der Waals surface area (Å²) in [6.45, 7) is 1.70. The molecule has 1 aliphatic rings. The number of esters is 1. The topological polar surface area (TPSA) is 90.0 Å². The Kier molecular flexibility index (Phi) is 6.07. The number of carbonyl (C=O) groups is 4. The van der Waals surface area contributed by atoms with E-state index in [4.69, 9.17) is 9.47 Å². The van der Waals surface area contributed by atoms with E-state index >= 15 is 0 Å². The number of benzene rings is 2. The van der Waals surface area contributed by atoms with E-state index < -0.39 is 12.1 Å². The van der Waals surface area contributed by atoms with Crippen LogP contribution in [0.2, 0.25) is 0 Å². The van der Waals surface area contributed by atoms with Gasteiger partial charge in [0, 0.05) is 18.4 Å². The van der Waals surface area contributed by atoms with Crippen LogP contribution in [0.25, 0.3) is 0 Å². The molecule has 0 aromatic heterocycles. The Morgan fingerprint density at radius 2 is 1.48 bits per heavy atom. The van der Waals surface area contributed by atoms with Crippen molar-refractivity contribution < 1.29 is 28.7 Å². The highest BCUT2D eigenvalue weighted by Gasteiger charge is 2.28. The molecule has 1 fully saturated rings. The van der Waals surface area contributed by atoms with Gasteiger partial charge in [-0.2, -0.15) is 0 Å². The van der Waals surface area contributed by atoms with E-state index in [9.17, 15) is 19.2 Å². The Balaban J connectivity index is 1.60.